The molecular weight excluding hydrogens is 336 g/mol. The fourth-order valence-corrected chi connectivity index (χ4v) is 2.00. The Balaban J connectivity index is 0.00000400. The Bertz CT molecular complexity index is 645. The average Bonchev–Trinajstić information content (AvgIpc) is 2.22. The average molecular weight is 348 g/mol. The minimum absolute atomic E-state index is 0. The number of hydrogen-bond donors (Lipinski definition) is 1. The van der Waals surface area contributed by atoms with Crippen LogP contribution in [0.15, 0.2) is 12.1 Å². The first-order valence-corrected chi connectivity index (χ1v) is 6.81. The quantitative estimate of drug-likeness (QED) is 0.789. The summed E-state index contributed by atoms with van der Waals surface area (Å²) in [6.45, 7) is 4.28. The zero-order valence-corrected chi connectivity index (χ0v) is 15.8. The van der Waals surface area contributed by atoms with Gasteiger partial charge in [-0.3, -0.25) is 4.79 Å². The molecule has 0 fully saturated rings. The number of amides is 1. The van der Waals surface area contributed by atoms with E-state index in [-0.39, 0.29) is 68.3 Å². The van der Waals surface area contributed by atoms with Crippen molar-refractivity contribution in [2.24, 2.45) is 0 Å². The SMILES string of the molecule is CC(=O)Nc1cc([N-]S(=O)(=O)C(F)(F)F)c(C)cc1C.[K+]. The molecule has 1 amide bonds. The second kappa shape index (κ2) is 7.42. The normalized spacial score (nSPS) is 11.5. The predicted octanol–water partition coefficient (Wildman–Crippen LogP) is 0.121. The Morgan fingerprint density at radius 3 is 2.14 bits per heavy atom. The number of nitrogens with zero attached hydrogens (tertiary/aromatic N) is 1. The summed E-state index contributed by atoms with van der Waals surface area (Å²) in [5, 5.41) is 2.39. The van der Waals surface area contributed by atoms with Crippen LogP contribution in [0.3, 0.4) is 0 Å². The smallest absolute Gasteiger partial charge is 0.569 e. The summed E-state index contributed by atoms with van der Waals surface area (Å²) in [4.78, 5) is 11.0. The van der Waals surface area contributed by atoms with Crippen molar-refractivity contribution in [3.63, 3.8) is 0 Å². The number of rotatable bonds is 3. The van der Waals surface area contributed by atoms with Gasteiger partial charge in [-0.15, -0.1) is 5.69 Å². The van der Waals surface area contributed by atoms with E-state index in [9.17, 15) is 26.4 Å². The van der Waals surface area contributed by atoms with Gasteiger partial charge in [0.1, 0.15) is 0 Å². The van der Waals surface area contributed by atoms with Crippen LogP contribution in [-0.2, 0) is 14.8 Å². The third kappa shape index (κ3) is 5.53. The van der Waals surface area contributed by atoms with E-state index in [1.54, 1.807) is 6.92 Å². The molecule has 10 heteroatoms. The van der Waals surface area contributed by atoms with Gasteiger partial charge in [0, 0.05) is 12.6 Å². The Morgan fingerprint density at radius 2 is 1.71 bits per heavy atom. The molecule has 0 heterocycles. The van der Waals surface area contributed by atoms with E-state index in [0.29, 0.717) is 5.56 Å². The summed E-state index contributed by atoms with van der Waals surface area (Å²) >= 11 is 0. The summed E-state index contributed by atoms with van der Waals surface area (Å²) in [6, 6.07) is 2.53. The van der Waals surface area contributed by atoms with Crippen molar-refractivity contribution >= 4 is 27.3 Å². The number of carbonyl (C=O) groups is 1. The molecule has 0 aliphatic carbocycles. The van der Waals surface area contributed by atoms with Crippen LogP contribution < -0.4 is 56.7 Å². The van der Waals surface area contributed by atoms with Gasteiger partial charge < -0.3 is 10.0 Å². The molecule has 112 valence electrons. The summed E-state index contributed by atoms with van der Waals surface area (Å²) in [5.41, 5.74) is -4.78. The summed E-state index contributed by atoms with van der Waals surface area (Å²) < 4.78 is 61.7. The third-order valence-corrected chi connectivity index (χ3v) is 3.39. The molecule has 0 bridgehead atoms. The second-order valence-corrected chi connectivity index (χ2v) is 5.74. The molecule has 1 N–H and O–H groups in total. The summed E-state index contributed by atoms with van der Waals surface area (Å²) in [5.74, 6) is -0.429. The van der Waals surface area contributed by atoms with Crippen LogP contribution in [0.5, 0.6) is 0 Å². The number of hydrogen-bond acceptors (Lipinski definition) is 3. The van der Waals surface area contributed by atoms with Crippen molar-refractivity contribution in [3.8, 4) is 0 Å². The maximum absolute atomic E-state index is 12.3. The van der Waals surface area contributed by atoms with Crippen molar-refractivity contribution in [1.29, 1.82) is 0 Å². The van der Waals surface area contributed by atoms with E-state index in [1.165, 1.54) is 19.9 Å². The molecule has 1 rings (SSSR count). The first-order valence-electron chi connectivity index (χ1n) is 5.37. The number of halogens is 3. The van der Waals surface area contributed by atoms with E-state index < -0.39 is 21.4 Å². The van der Waals surface area contributed by atoms with Crippen LogP contribution in [0.25, 0.3) is 4.72 Å². The fraction of sp³-hybridized carbons (Fsp3) is 0.364. The van der Waals surface area contributed by atoms with Gasteiger partial charge in [-0.25, -0.2) is 8.42 Å². The minimum Gasteiger partial charge on any atom is -0.569 e. The molecule has 0 radical (unpaired) electrons. The molecule has 0 saturated carbocycles. The second-order valence-electron chi connectivity index (χ2n) is 4.15. The molecule has 0 aliphatic rings. The van der Waals surface area contributed by atoms with Gasteiger partial charge in [0.15, 0.2) is 10.0 Å². The molecule has 1 aromatic rings. The summed E-state index contributed by atoms with van der Waals surface area (Å²) in [7, 11) is -5.62. The number of carbonyl (C=O) groups excluding carboxylic acids is 1. The zero-order valence-electron chi connectivity index (χ0n) is 11.9. The Hall–Kier alpha value is -0.134. The number of benzene rings is 1. The van der Waals surface area contributed by atoms with Gasteiger partial charge in [-0.05, 0) is 19.4 Å². The van der Waals surface area contributed by atoms with Gasteiger partial charge in [-0.2, -0.15) is 13.2 Å². The Kier molecular flexibility index (Phi) is 7.37. The molecule has 0 aliphatic heterocycles. The van der Waals surface area contributed by atoms with Gasteiger partial charge in [0.2, 0.25) is 5.91 Å². The van der Waals surface area contributed by atoms with E-state index in [1.807, 2.05) is 0 Å². The van der Waals surface area contributed by atoms with Crippen LogP contribution in [0.2, 0.25) is 0 Å². The summed E-state index contributed by atoms with van der Waals surface area (Å²) in [6.07, 6.45) is 0. The monoisotopic (exact) mass is 348 g/mol. The maximum Gasteiger partial charge on any atom is 1.00 e. The van der Waals surface area contributed by atoms with Crippen molar-refractivity contribution < 1.29 is 77.8 Å². The first-order chi connectivity index (χ1) is 8.94. The standard InChI is InChI=1S/C11H12F3N2O3S.K/c1-6-4-7(2)10(5-9(6)15-8(3)17)16-20(18,19)11(12,13)14;/h4-5H,1-3H3,(H,15,17);/q-1;+1. The molecule has 0 saturated heterocycles. The number of aryl methyl sites for hydroxylation is 2. The Labute approximate surface area is 163 Å². The van der Waals surface area contributed by atoms with Gasteiger partial charge in [0.25, 0.3) is 0 Å². The molecule has 5 nitrogen and oxygen atoms in total. The maximum atomic E-state index is 12.3. The van der Waals surface area contributed by atoms with E-state index >= 15 is 0 Å². The van der Waals surface area contributed by atoms with Crippen LogP contribution in [0.1, 0.15) is 18.1 Å². The van der Waals surface area contributed by atoms with E-state index in [2.05, 4.69) is 10.0 Å². The molecule has 0 spiro atoms. The molecule has 1 aromatic carbocycles. The van der Waals surface area contributed by atoms with Gasteiger partial charge in [-0.1, -0.05) is 17.7 Å². The zero-order chi connectivity index (χ0) is 15.7. The van der Waals surface area contributed by atoms with Crippen molar-refractivity contribution in [3.05, 3.63) is 28.0 Å². The topological polar surface area (TPSA) is 77.3 Å². The largest absolute Gasteiger partial charge is 1.00 e. The van der Waals surface area contributed by atoms with Gasteiger partial charge >= 0.3 is 56.9 Å². The van der Waals surface area contributed by atoms with Crippen LogP contribution >= 0.6 is 0 Å². The van der Waals surface area contributed by atoms with Gasteiger partial charge in [0.05, 0.1) is 0 Å². The fourth-order valence-electron chi connectivity index (χ4n) is 1.44. The molecular formula is C11H12F3KN2O3S. The van der Waals surface area contributed by atoms with Crippen LogP contribution in [0, 0.1) is 13.8 Å². The van der Waals surface area contributed by atoms with Crippen molar-refractivity contribution in [2.45, 2.75) is 26.3 Å². The van der Waals surface area contributed by atoms with Crippen LogP contribution in [-0.4, -0.2) is 19.8 Å². The number of nitrogens with one attached hydrogen (secondary N) is 1. The number of alkyl halides is 3. The van der Waals surface area contributed by atoms with Crippen molar-refractivity contribution in [1.82, 2.24) is 0 Å². The molecule has 0 unspecified atom stereocenters. The van der Waals surface area contributed by atoms with E-state index in [0.717, 1.165) is 6.07 Å². The molecule has 0 aromatic heterocycles. The Morgan fingerprint density at radius 1 is 1.19 bits per heavy atom. The first kappa shape index (κ1) is 20.9. The van der Waals surface area contributed by atoms with Crippen LogP contribution in [0.4, 0.5) is 24.5 Å². The van der Waals surface area contributed by atoms with Crippen molar-refractivity contribution in [2.75, 3.05) is 5.32 Å². The number of anilines is 1. The predicted molar refractivity (Wildman–Crippen MR) is 68.2 cm³/mol. The minimum atomic E-state index is -5.62. The van der Waals surface area contributed by atoms with E-state index in [4.69, 9.17) is 0 Å². The third-order valence-electron chi connectivity index (χ3n) is 2.36. The molecule has 0 atom stereocenters. The number of sulfonamides is 1. The molecule has 21 heavy (non-hydrogen) atoms.